The molecule has 258 valence electrons. The Hall–Kier alpha value is -6.64. The van der Waals surface area contributed by atoms with Crippen LogP contribution in [0.3, 0.4) is 0 Å². The summed E-state index contributed by atoms with van der Waals surface area (Å²) in [5, 5.41) is 12.6. The highest BCUT2D eigenvalue weighted by Gasteiger charge is 2.23. The molecule has 0 aliphatic rings. The molecular weight excluding hydrogens is 653 g/mol. The van der Waals surface area contributed by atoms with Crippen LogP contribution in [0.5, 0.6) is 0 Å². The van der Waals surface area contributed by atoms with Crippen molar-refractivity contribution >= 4 is 88.0 Å². The van der Waals surface area contributed by atoms with E-state index in [9.17, 15) is 0 Å². The van der Waals surface area contributed by atoms with Gasteiger partial charge >= 0.3 is 0 Å². The highest BCUT2D eigenvalue weighted by atomic mass is 15.2. The van der Waals surface area contributed by atoms with Gasteiger partial charge in [-0.1, -0.05) is 121 Å². The van der Waals surface area contributed by atoms with Crippen LogP contribution >= 0.6 is 0 Å². The first-order valence-electron chi connectivity index (χ1n) is 18.9. The predicted octanol–water partition coefficient (Wildman–Crippen LogP) is 15.1. The highest BCUT2D eigenvalue weighted by molar-refractivity contribution is 6.28. The van der Waals surface area contributed by atoms with Gasteiger partial charge in [0, 0.05) is 32.9 Å². The zero-order valence-corrected chi connectivity index (χ0v) is 31.1. The van der Waals surface area contributed by atoms with Crippen LogP contribution in [0.25, 0.3) is 53.9 Å². The lowest BCUT2D eigenvalue weighted by molar-refractivity contribution is 1.29. The molecule has 0 N–H and O–H groups in total. The lowest BCUT2D eigenvalue weighted by atomic mass is 9.91. The third-order valence-corrected chi connectivity index (χ3v) is 11.3. The first kappa shape index (κ1) is 32.0. The van der Waals surface area contributed by atoms with E-state index in [2.05, 4.69) is 207 Å². The monoisotopic (exact) mass is 692 g/mol. The van der Waals surface area contributed by atoms with E-state index in [4.69, 9.17) is 0 Å². The summed E-state index contributed by atoms with van der Waals surface area (Å²) in [4.78, 5) is 4.94. The minimum atomic E-state index is 1.15. The van der Waals surface area contributed by atoms with Crippen molar-refractivity contribution in [2.75, 3.05) is 9.80 Å². The second-order valence-corrected chi connectivity index (χ2v) is 14.8. The van der Waals surface area contributed by atoms with Gasteiger partial charge in [0.2, 0.25) is 0 Å². The summed E-state index contributed by atoms with van der Waals surface area (Å²) >= 11 is 0. The molecule has 10 aromatic rings. The van der Waals surface area contributed by atoms with Gasteiger partial charge in [-0.15, -0.1) is 0 Å². The fourth-order valence-electron chi connectivity index (χ4n) is 8.77. The normalized spacial score (nSPS) is 11.7. The molecule has 0 fully saturated rings. The van der Waals surface area contributed by atoms with Crippen molar-refractivity contribution < 1.29 is 0 Å². The minimum absolute atomic E-state index is 1.15. The molecule has 54 heavy (non-hydrogen) atoms. The molecule has 0 amide bonds. The van der Waals surface area contributed by atoms with Gasteiger partial charge in [-0.3, -0.25) is 0 Å². The van der Waals surface area contributed by atoms with Crippen molar-refractivity contribution in [1.29, 1.82) is 0 Å². The second-order valence-electron chi connectivity index (χ2n) is 14.8. The summed E-state index contributed by atoms with van der Waals surface area (Å²) in [6.45, 7) is 8.77. The molecule has 0 saturated heterocycles. The van der Waals surface area contributed by atoms with Crippen LogP contribution < -0.4 is 9.80 Å². The number of hydrogen-bond donors (Lipinski definition) is 0. The third-order valence-electron chi connectivity index (χ3n) is 11.3. The molecule has 0 aromatic heterocycles. The summed E-state index contributed by atoms with van der Waals surface area (Å²) in [6, 6.07) is 63.1. The average Bonchev–Trinajstić information content (AvgIpc) is 3.20. The van der Waals surface area contributed by atoms with E-state index < -0.39 is 0 Å². The van der Waals surface area contributed by atoms with Crippen molar-refractivity contribution in [2.24, 2.45) is 0 Å². The molecule has 2 heteroatoms. The zero-order valence-electron chi connectivity index (χ0n) is 31.1. The van der Waals surface area contributed by atoms with Crippen molar-refractivity contribution in [3.05, 3.63) is 192 Å². The number of anilines is 6. The molecule has 10 rings (SSSR count). The molecule has 2 nitrogen and oxygen atoms in total. The number of hydrogen-bond acceptors (Lipinski definition) is 2. The van der Waals surface area contributed by atoms with E-state index in [1.165, 1.54) is 98.9 Å². The molecule has 0 saturated carbocycles. The van der Waals surface area contributed by atoms with Crippen LogP contribution in [0.2, 0.25) is 0 Å². The summed E-state index contributed by atoms with van der Waals surface area (Å²) < 4.78 is 0. The molecule has 0 unspecified atom stereocenters. The average molecular weight is 693 g/mol. The molecule has 0 bridgehead atoms. The van der Waals surface area contributed by atoms with E-state index in [1.54, 1.807) is 0 Å². The Labute approximate surface area is 316 Å². The molecule has 10 aromatic carbocycles. The highest BCUT2D eigenvalue weighted by Crippen LogP contribution is 2.49. The molecular formula is C52H40N2. The van der Waals surface area contributed by atoms with Crippen LogP contribution in [0.4, 0.5) is 34.1 Å². The maximum Gasteiger partial charge on any atom is 0.0540 e. The maximum absolute atomic E-state index is 2.47. The van der Waals surface area contributed by atoms with E-state index in [0.717, 1.165) is 11.4 Å². The topological polar surface area (TPSA) is 6.48 Å². The molecule has 0 aliphatic carbocycles. The van der Waals surface area contributed by atoms with Crippen LogP contribution in [0.1, 0.15) is 22.3 Å². The molecule has 0 aliphatic heterocycles. The smallest absolute Gasteiger partial charge is 0.0540 e. The van der Waals surface area contributed by atoms with Gasteiger partial charge in [0.1, 0.15) is 0 Å². The van der Waals surface area contributed by atoms with Gasteiger partial charge in [-0.25, -0.2) is 0 Å². The van der Waals surface area contributed by atoms with Crippen molar-refractivity contribution in [3.63, 3.8) is 0 Å². The molecule has 0 spiro atoms. The summed E-state index contributed by atoms with van der Waals surface area (Å²) in [5.41, 5.74) is 12.0. The Balaban J connectivity index is 1.27. The molecule has 0 atom stereocenters. The Morgan fingerprint density at radius 3 is 1.09 bits per heavy atom. The largest absolute Gasteiger partial charge is 0.309 e. The summed E-state index contributed by atoms with van der Waals surface area (Å²) in [7, 11) is 0. The predicted molar refractivity (Wildman–Crippen MR) is 233 cm³/mol. The third kappa shape index (κ3) is 5.02. The Kier molecular flexibility index (Phi) is 7.42. The fraction of sp³-hybridized carbons (Fsp3) is 0.0769. The number of benzene rings is 10. The van der Waals surface area contributed by atoms with E-state index in [-0.39, 0.29) is 0 Å². The van der Waals surface area contributed by atoms with Crippen molar-refractivity contribution in [3.8, 4) is 0 Å². The van der Waals surface area contributed by atoms with Crippen LogP contribution in [0, 0.1) is 27.7 Å². The standard InChI is InChI=1S/C52H40N2/c1-33-11-9-13-39(31-33)53(47-27-19-35(3)41-15-5-7-17-43(41)47)49-29-23-37-22-26-46-50(30-24-38-21-25-45(49)51(37)52(38)46)54(40-14-10-12-34(2)32-40)48-28-20-36(4)42-16-6-8-18-44(42)48/h5-32H,1-4H3. The van der Waals surface area contributed by atoms with Crippen LogP contribution in [-0.2, 0) is 0 Å². The van der Waals surface area contributed by atoms with E-state index in [0.29, 0.717) is 0 Å². The fourth-order valence-corrected chi connectivity index (χ4v) is 8.77. The van der Waals surface area contributed by atoms with Gasteiger partial charge in [-0.05, 0) is 131 Å². The van der Waals surface area contributed by atoms with Gasteiger partial charge in [0.25, 0.3) is 0 Å². The first-order valence-corrected chi connectivity index (χ1v) is 18.9. The minimum Gasteiger partial charge on any atom is -0.309 e. The Morgan fingerprint density at radius 1 is 0.296 bits per heavy atom. The maximum atomic E-state index is 2.47. The summed E-state index contributed by atoms with van der Waals surface area (Å²) in [5.74, 6) is 0. The van der Waals surface area contributed by atoms with Gasteiger partial charge < -0.3 is 9.80 Å². The zero-order chi connectivity index (χ0) is 36.5. The first-order chi connectivity index (χ1) is 26.4. The van der Waals surface area contributed by atoms with Crippen LogP contribution in [-0.4, -0.2) is 0 Å². The SMILES string of the molecule is Cc1cccc(N(c2ccc(C)c3ccccc23)c2ccc3ccc4c(N(c5cccc(C)c5)c5ccc(C)c6ccccc56)ccc5ccc2c3c54)c1. The number of nitrogens with zero attached hydrogens (tertiary/aromatic N) is 2. The molecule has 0 heterocycles. The number of rotatable bonds is 6. The van der Waals surface area contributed by atoms with Crippen molar-refractivity contribution in [1.82, 2.24) is 0 Å². The van der Waals surface area contributed by atoms with E-state index in [1.807, 2.05) is 0 Å². The van der Waals surface area contributed by atoms with Gasteiger partial charge in [0.15, 0.2) is 0 Å². The number of fused-ring (bicyclic) bond motifs is 2. The van der Waals surface area contributed by atoms with Crippen LogP contribution in [0.15, 0.2) is 170 Å². The number of aryl methyl sites for hydroxylation is 4. The lowest BCUT2D eigenvalue weighted by Crippen LogP contribution is -2.12. The summed E-state index contributed by atoms with van der Waals surface area (Å²) in [6.07, 6.45) is 0. The lowest BCUT2D eigenvalue weighted by Gasteiger charge is -2.30. The second kappa shape index (κ2) is 12.5. The van der Waals surface area contributed by atoms with Gasteiger partial charge in [-0.2, -0.15) is 0 Å². The Bertz CT molecular complexity index is 2850. The quantitative estimate of drug-likeness (QED) is 0.160. The van der Waals surface area contributed by atoms with Crippen molar-refractivity contribution in [2.45, 2.75) is 27.7 Å². The van der Waals surface area contributed by atoms with E-state index >= 15 is 0 Å². The van der Waals surface area contributed by atoms with Gasteiger partial charge in [0.05, 0.1) is 22.7 Å². The molecule has 0 radical (unpaired) electrons. The Morgan fingerprint density at radius 2 is 0.667 bits per heavy atom.